The fourth-order valence-corrected chi connectivity index (χ4v) is 3.71. The largest absolute Gasteiger partial charge is 0.389 e. The molecule has 0 aromatic carbocycles. The van der Waals surface area contributed by atoms with Crippen molar-refractivity contribution in [3.8, 4) is 0 Å². The summed E-state index contributed by atoms with van der Waals surface area (Å²) in [6, 6.07) is 2.45. The number of nitrogens with one attached hydrogen (secondary N) is 1. The van der Waals surface area contributed by atoms with Crippen LogP contribution in [0.25, 0.3) is 0 Å². The molecule has 1 aromatic heterocycles. The van der Waals surface area contributed by atoms with Gasteiger partial charge in [0.15, 0.2) is 0 Å². The Balaban J connectivity index is 1.97. The second kappa shape index (κ2) is 5.27. The summed E-state index contributed by atoms with van der Waals surface area (Å²) in [7, 11) is 0. The average Bonchev–Trinajstić information content (AvgIpc) is 2.85. The molecule has 1 heterocycles. The van der Waals surface area contributed by atoms with E-state index in [1.54, 1.807) is 11.3 Å². The molecule has 2 N–H and O–H groups in total. The number of hydrogen-bond donors (Lipinski definition) is 2. The summed E-state index contributed by atoms with van der Waals surface area (Å²) in [5.41, 5.74) is 0.775. The van der Waals surface area contributed by atoms with Crippen molar-refractivity contribution in [2.75, 3.05) is 6.54 Å². The third kappa shape index (κ3) is 2.84. The number of halogens is 1. The third-order valence-electron chi connectivity index (χ3n) is 3.84. The van der Waals surface area contributed by atoms with Crippen LogP contribution in [0.4, 0.5) is 0 Å². The van der Waals surface area contributed by atoms with Gasteiger partial charge in [0.05, 0.1) is 9.94 Å². The van der Waals surface area contributed by atoms with Gasteiger partial charge in [-0.3, -0.25) is 0 Å². The Bertz CT molecular complexity index is 387. The molecule has 4 heteroatoms. The van der Waals surface area contributed by atoms with Gasteiger partial charge in [-0.25, -0.2) is 0 Å². The molecule has 0 spiro atoms. The average molecular weight is 274 g/mol. The van der Waals surface area contributed by atoms with E-state index in [9.17, 15) is 5.11 Å². The Morgan fingerprint density at radius 3 is 2.88 bits per heavy atom. The quantitative estimate of drug-likeness (QED) is 0.860. The molecule has 1 aromatic rings. The van der Waals surface area contributed by atoms with Gasteiger partial charge >= 0.3 is 0 Å². The SMILES string of the molecule is CCC(O)(CC)CNC1CCc2sc(Cl)cc21. The van der Waals surface area contributed by atoms with Crippen LogP contribution in [0.1, 0.15) is 49.6 Å². The van der Waals surface area contributed by atoms with E-state index in [4.69, 9.17) is 11.6 Å². The van der Waals surface area contributed by atoms with Crippen molar-refractivity contribution >= 4 is 22.9 Å². The van der Waals surface area contributed by atoms with Gasteiger partial charge in [0.25, 0.3) is 0 Å². The number of rotatable bonds is 5. The molecule has 0 saturated heterocycles. The molecule has 1 aliphatic carbocycles. The molecule has 2 rings (SSSR count). The molecule has 0 bridgehead atoms. The molecule has 0 aliphatic heterocycles. The second-order valence-electron chi connectivity index (χ2n) is 4.83. The topological polar surface area (TPSA) is 32.3 Å². The number of aliphatic hydroxyl groups is 1. The molecule has 1 unspecified atom stereocenters. The first kappa shape index (κ1) is 13.3. The van der Waals surface area contributed by atoms with Gasteiger partial charge in [-0.1, -0.05) is 25.4 Å². The first-order valence-electron chi connectivity index (χ1n) is 6.32. The first-order valence-corrected chi connectivity index (χ1v) is 7.51. The fraction of sp³-hybridized carbons (Fsp3) is 0.692. The van der Waals surface area contributed by atoms with E-state index >= 15 is 0 Å². The number of hydrogen-bond acceptors (Lipinski definition) is 3. The van der Waals surface area contributed by atoms with E-state index < -0.39 is 5.60 Å². The summed E-state index contributed by atoms with van der Waals surface area (Å²) in [4.78, 5) is 1.41. The fourth-order valence-electron chi connectivity index (χ4n) is 2.36. The maximum absolute atomic E-state index is 10.3. The summed E-state index contributed by atoms with van der Waals surface area (Å²) in [6.45, 7) is 4.73. The lowest BCUT2D eigenvalue weighted by atomic mass is 9.97. The summed E-state index contributed by atoms with van der Waals surface area (Å²) in [6.07, 6.45) is 3.82. The van der Waals surface area contributed by atoms with Crippen molar-refractivity contribution in [3.05, 3.63) is 20.8 Å². The van der Waals surface area contributed by atoms with Crippen LogP contribution in [0.5, 0.6) is 0 Å². The van der Waals surface area contributed by atoms with Crippen molar-refractivity contribution in [3.63, 3.8) is 0 Å². The Hall–Kier alpha value is -0.0900. The summed E-state index contributed by atoms with van der Waals surface area (Å²) >= 11 is 7.72. The lowest BCUT2D eigenvalue weighted by Crippen LogP contribution is -2.40. The van der Waals surface area contributed by atoms with Crippen LogP contribution in [0.15, 0.2) is 6.07 Å². The van der Waals surface area contributed by atoms with Gasteiger partial charge in [0.1, 0.15) is 0 Å². The molecular weight excluding hydrogens is 254 g/mol. The summed E-state index contributed by atoms with van der Waals surface area (Å²) < 4.78 is 0.878. The predicted molar refractivity (Wildman–Crippen MR) is 73.9 cm³/mol. The van der Waals surface area contributed by atoms with Crippen LogP contribution in [0.3, 0.4) is 0 Å². The molecule has 1 atom stereocenters. The van der Waals surface area contributed by atoms with E-state index in [-0.39, 0.29) is 0 Å². The van der Waals surface area contributed by atoms with Crippen LogP contribution >= 0.6 is 22.9 Å². The summed E-state index contributed by atoms with van der Waals surface area (Å²) in [5.74, 6) is 0. The van der Waals surface area contributed by atoms with Gasteiger partial charge < -0.3 is 10.4 Å². The van der Waals surface area contributed by atoms with Crippen LogP contribution in [-0.4, -0.2) is 17.3 Å². The Kier molecular flexibility index (Phi) is 4.14. The Labute approximate surface area is 112 Å². The predicted octanol–water partition coefficient (Wildman–Crippen LogP) is 3.53. The van der Waals surface area contributed by atoms with Gasteiger partial charge in [0.2, 0.25) is 0 Å². The normalized spacial score (nSPS) is 19.6. The van der Waals surface area contributed by atoms with Gasteiger partial charge in [-0.05, 0) is 37.3 Å². The highest BCUT2D eigenvalue weighted by atomic mass is 35.5. The molecular formula is C13H20ClNOS. The monoisotopic (exact) mass is 273 g/mol. The second-order valence-corrected chi connectivity index (χ2v) is 6.60. The van der Waals surface area contributed by atoms with Crippen molar-refractivity contribution in [2.45, 2.75) is 51.2 Å². The third-order valence-corrected chi connectivity index (χ3v) is 5.18. The van der Waals surface area contributed by atoms with Crippen molar-refractivity contribution < 1.29 is 5.11 Å². The molecule has 0 saturated carbocycles. The smallest absolute Gasteiger partial charge is 0.0934 e. The maximum Gasteiger partial charge on any atom is 0.0934 e. The van der Waals surface area contributed by atoms with E-state index in [1.165, 1.54) is 10.4 Å². The van der Waals surface area contributed by atoms with E-state index in [1.807, 2.05) is 13.8 Å². The lowest BCUT2D eigenvalue weighted by Gasteiger charge is -2.27. The number of aryl methyl sites for hydroxylation is 1. The zero-order valence-corrected chi connectivity index (χ0v) is 12.0. The van der Waals surface area contributed by atoms with Crippen LogP contribution in [0.2, 0.25) is 4.34 Å². The van der Waals surface area contributed by atoms with Crippen LogP contribution in [-0.2, 0) is 6.42 Å². The molecule has 17 heavy (non-hydrogen) atoms. The minimum atomic E-state index is -0.567. The Morgan fingerprint density at radius 2 is 2.24 bits per heavy atom. The van der Waals surface area contributed by atoms with Crippen molar-refractivity contribution in [1.29, 1.82) is 0 Å². The van der Waals surface area contributed by atoms with Gasteiger partial charge in [0, 0.05) is 17.5 Å². The zero-order valence-electron chi connectivity index (χ0n) is 10.4. The molecule has 0 amide bonds. The van der Waals surface area contributed by atoms with E-state index in [0.29, 0.717) is 12.6 Å². The maximum atomic E-state index is 10.3. The van der Waals surface area contributed by atoms with E-state index in [0.717, 1.165) is 30.0 Å². The molecule has 2 nitrogen and oxygen atoms in total. The van der Waals surface area contributed by atoms with Crippen molar-refractivity contribution in [1.82, 2.24) is 5.32 Å². The molecule has 96 valence electrons. The van der Waals surface area contributed by atoms with Gasteiger partial charge in [-0.2, -0.15) is 0 Å². The zero-order chi connectivity index (χ0) is 12.5. The van der Waals surface area contributed by atoms with Gasteiger partial charge in [-0.15, -0.1) is 11.3 Å². The molecule has 1 aliphatic rings. The minimum absolute atomic E-state index is 0.373. The van der Waals surface area contributed by atoms with E-state index in [2.05, 4.69) is 11.4 Å². The standard InChI is InChI=1S/C13H20ClNOS/c1-3-13(16,4-2)8-15-10-5-6-11-9(10)7-12(14)17-11/h7,10,15-16H,3-6,8H2,1-2H3. The number of fused-ring (bicyclic) bond motifs is 1. The molecule has 0 radical (unpaired) electrons. The highest BCUT2D eigenvalue weighted by Crippen LogP contribution is 2.39. The number of thiophene rings is 1. The molecule has 0 fully saturated rings. The Morgan fingerprint density at radius 1 is 1.53 bits per heavy atom. The van der Waals surface area contributed by atoms with Crippen LogP contribution in [0, 0.1) is 0 Å². The summed E-state index contributed by atoms with van der Waals surface area (Å²) in [5, 5.41) is 13.7. The minimum Gasteiger partial charge on any atom is -0.389 e. The van der Waals surface area contributed by atoms with Crippen LogP contribution < -0.4 is 5.32 Å². The highest BCUT2D eigenvalue weighted by Gasteiger charge is 2.28. The lowest BCUT2D eigenvalue weighted by molar-refractivity contribution is 0.0298. The highest BCUT2D eigenvalue weighted by molar-refractivity contribution is 7.16. The van der Waals surface area contributed by atoms with Crippen molar-refractivity contribution in [2.24, 2.45) is 0 Å². The first-order chi connectivity index (χ1) is 8.08.